The highest BCUT2D eigenvalue weighted by molar-refractivity contribution is 5.86. The number of ether oxygens (including phenoxy) is 3. The fourth-order valence-electron chi connectivity index (χ4n) is 1.60. The summed E-state index contributed by atoms with van der Waals surface area (Å²) in [4.78, 5) is 15.3. The van der Waals surface area contributed by atoms with Crippen LogP contribution in [0.15, 0.2) is 24.5 Å². The van der Waals surface area contributed by atoms with Crippen molar-refractivity contribution in [3.05, 3.63) is 35.7 Å². The first kappa shape index (κ1) is 12.7. The zero-order valence-electron chi connectivity index (χ0n) is 10.2. The summed E-state index contributed by atoms with van der Waals surface area (Å²) in [5.41, 5.74) is 1.65. The molecule has 5 heteroatoms. The van der Waals surface area contributed by atoms with Crippen LogP contribution in [0, 0.1) is 0 Å². The van der Waals surface area contributed by atoms with Gasteiger partial charge in [0.25, 0.3) is 0 Å². The number of pyridine rings is 1. The first-order chi connectivity index (χ1) is 8.79. The number of rotatable bonds is 4. The van der Waals surface area contributed by atoms with Gasteiger partial charge in [0.2, 0.25) is 0 Å². The average molecular weight is 249 g/mol. The maximum absolute atomic E-state index is 11.2. The molecule has 1 aliphatic rings. The third-order valence-corrected chi connectivity index (χ3v) is 2.37. The monoisotopic (exact) mass is 249 g/mol. The molecule has 1 aliphatic heterocycles. The Bertz CT molecular complexity index is 438. The van der Waals surface area contributed by atoms with Crippen LogP contribution in [0.2, 0.25) is 0 Å². The Morgan fingerprint density at radius 1 is 1.50 bits per heavy atom. The summed E-state index contributed by atoms with van der Waals surface area (Å²) in [5, 5.41) is 0. The van der Waals surface area contributed by atoms with Crippen molar-refractivity contribution < 1.29 is 19.0 Å². The van der Waals surface area contributed by atoms with Gasteiger partial charge in [0.15, 0.2) is 6.29 Å². The highest BCUT2D eigenvalue weighted by Gasteiger charge is 2.18. The molecule has 0 unspecified atom stereocenters. The van der Waals surface area contributed by atoms with Gasteiger partial charge >= 0.3 is 5.97 Å². The van der Waals surface area contributed by atoms with Crippen molar-refractivity contribution in [3.8, 4) is 0 Å². The molecule has 0 atom stereocenters. The molecule has 0 bridgehead atoms. The lowest BCUT2D eigenvalue weighted by Crippen LogP contribution is -2.00. The number of hydrogen-bond donors (Lipinski definition) is 0. The molecule has 0 amide bonds. The number of carbonyl (C=O) groups excluding carboxylic acids is 1. The van der Waals surface area contributed by atoms with Crippen molar-refractivity contribution in [2.45, 2.75) is 13.2 Å². The minimum atomic E-state index is -0.365. The molecule has 0 N–H and O–H groups in total. The maximum atomic E-state index is 11.2. The van der Waals surface area contributed by atoms with Crippen LogP contribution in [0.5, 0.6) is 0 Å². The van der Waals surface area contributed by atoms with Gasteiger partial charge in [-0.2, -0.15) is 0 Å². The molecule has 1 aromatic rings. The van der Waals surface area contributed by atoms with Crippen molar-refractivity contribution in [2.24, 2.45) is 0 Å². The van der Waals surface area contributed by atoms with E-state index in [0.717, 1.165) is 11.1 Å². The molecule has 96 valence electrons. The molecule has 2 heterocycles. The van der Waals surface area contributed by atoms with E-state index in [9.17, 15) is 4.79 Å². The molecular formula is C13H15NO4. The van der Waals surface area contributed by atoms with Crippen LogP contribution in [0.1, 0.15) is 24.3 Å². The number of esters is 1. The number of carbonyl (C=O) groups is 1. The molecule has 0 saturated carbocycles. The van der Waals surface area contributed by atoms with Crippen molar-refractivity contribution >= 4 is 12.0 Å². The standard InChI is InChI=1S/C13H15NO4/c1-2-16-12(15)4-3-10-7-11(9-14-8-10)13-17-5-6-18-13/h3-4,7-9,13H,2,5-6H2,1H3/b4-3+. The van der Waals surface area contributed by atoms with E-state index in [2.05, 4.69) is 4.98 Å². The summed E-state index contributed by atoms with van der Waals surface area (Å²) >= 11 is 0. The molecule has 18 heavy (non-hydrogen) atoms. The van der Waals surface area contributed by atoms with Gasteiger partial charge in [0, 0.05) is 24.0 Å². The average Bonchev–Trinajstić information content (AvgIpc) is 2.91. The van der Waals surface area contributed by atoms with Gasteiger partial charge in [-0.05, 0) is 24.6 Å². The molecule has 0 spiro atoms. The number of nitrogens with zero attached hydrogens (tertiary/aromatic N) is 1. The summed E-state index contributed by atoms with van der Waals surface area (Å²) < 4.78 is 15.6. The molecule has 0 radical (unpaired) electrons. The molecule has 0 aliphatic carbocycles. The smallest absolute Gasteiger partial charge is 0.330 e. The lowest BCUT2D eigenvalue weighted by Gasteiger charge is -2.08. The third kappa shape index (κ3) is 3.38. The van der Waals surface area contributed by atoms with Crippen LogP contribution in [-0.4, -0.2) is 30.8 Å². The minimum absolute atomic E-state index is 0.353. The van der Waals surface area contributed by atoms with Crippen LogP contribution < -0.4 is 0 Å². The summed E-state index contributed by atoms with van der Waals surface area (Å²) in [6.45, 7) is 3.31. The summed E-state index contributed by atoms with van der Waals surface area (Å²) in [6.07, 6.45) is 6.03. The van der Waals surface area contributed by atoms with Gasteiger partial charge < -0.3 is 14.2 Å². The molecule has 5 nitrogen and oxygen atoms in total. The van der Waals surface area contributed by atoms with E-state index < -0.39 is 0 Å². The van der Waals surface area contributed by atoms with Crippen molar-refractivity contribution in [1.82, 2.24) is 4.98 Å². The van der Waals surface area contributed by atoms with E-state index in [-0.39, 0.29) is 12.3 Å². The number of hydrogen-bond acceptors (Lipinski definition) is 5. The van der Waals surface area contributed by atoms with Crippen molar-refractivity contribution in [3.63, 3.8) is 0 Å². The van der Waals surface area contributed by atoms with Gasteiger partial charge in [-0.3, -0.25) is 4.98 Å². The van der Waals surface area contributed by atoms with E-state index in [4.69, 9.17) is 14.2 Å². The van der Waals surface area contributed by atoms with E-state index in [1.807, 2.05) is 6.07 Å². The topological polar surface area (TPSA) is 57.7 Å². The largest absolute Gasteiger partial charge is 0.463 e. The van der Waals surface area contributed by atoms with Gasteiger partial charge in [-0.25, -0.2) is 4.79 Å². The summed E-state index contributed by atoms with van der Waals surface area (Å²) in [5.74, 6) is -0.365. The first-order valence-corrected chi connectivity index (χ1v) is 5.82. The predicted molar refractivity (Wildman–Crippen MR) is 64.5 cm³/mol. The van der Waals surface area contributed by atoms with Crippen LogP contribution in [0.25, 0.3) is 6.08 Å². The van der Waals surface area contributed by atoms with E-state index in [0.29, 0.717) is 19.8 Å². The lowest BCUT2D eigenvalue weighted by atomic mass is 10.2. The fourth-order valence-corrected chi connectivity index (χ4v) is 1.60. The Hall–Kier alpha value is -1.72. The zero-order chi connectivity index (χ0) is 12.8. The third-order valence-electron chi connectivity index (χ3n) is 2.37. The fraction of sp³-hybridized carbons (Fsp3) is 0.385. The van der Waals surface area contributed by atoms with Gasteiger partial charge in [0.1, 0.15) is 0 Å². The maximum Gasteiger partial charge on any atom is 0.330 e. The number of aromatic nitrogens is 1. The minimum Gasteiger partial charge on any atom is -0.463 e. The van der Waals surface area contributed by atoms with E-state index in [1.165, 1.54) is 6.08 Å². The quantitative estimate of drug-likeness (QED) is 0.600. The molecule has 1 aromatic heterocycles. The predicted octanol–water partition coefficient (Wildman–Crippen LogP) is 1.70. The molecular weight excluding hydrogens is 234 g/mol. The summed E-state index contributed by atoms with van der Waals surface area (Å²) in [7, 11) is 0. The van der Waals surface area contributed by atoms with Crippen LogP contribution in [0.3, 0.4) is 0 Å². The van der Waals surface area contributed by atoms with Gasteiger partial charge in [0.05, 0.1) is 19.8 Å². The Morgan fingerprint density at radius 3 is 3.00 bits per heavy atom. The van der Waals surface area contributed by atoms with Crippen molar-refractivity contribution in [2.75, 3.05) is 19.8 Å². The highest BCUT2D eigenvalue weighted by atomic mass is 16.7. The Kier molecular flexibility index (Phi) is 4.44. The first-order valence-electron chi connectivity index (χ1n) is 5.82. The normalized spacial score (nSPS) is 16.3. The SMILES string of the molecule is CCOC(=O)/C=C/c1cncc(C2OCCO2)c1. The Balaban J connectivity index is 2.05. The molecule has 2 rings (SSSR count). The second-order valence-electron chi connectivity index (χ2n) is 3.71. The highest BCUT2D eigenvalue weighted by Crippen LogP contribution is 2.23. The zero-order valence-corrected chi connectivity index (χ0v) is 10.2. The van der Waals surface area contributed by atoms with Crippen LogP contribution in [0.4, 0.5) is 0 Å². The summed E-state index contributed by atoms with van der Waals surface area (Å²) in [6, 6.07) is 1.87. The molecule has 0 aromatic carbocycles. The van der Waals surface area contributed by atoms with Crippen molar-refractivity contribution in [1.29, 1.82) is 0 Å². The van der Waals surface area contributed by atoms with Gasteiger partial charge in [-0.1, -0.05) is 0 Å². The molecule has 1 saturated heterocycles. The van der Waals surface area contributed by atoms with E-state index in [1.54, 1.807) is 25.4 Å². The second-order valence-corrected chi connectivity index (χ2v) is 3.71. The second kappa shape index (κ2) is 6.28. The van der Waals surface area contributed by atoms with E-state index >= 15 is 0 Å². The molecule has 1 fully saturated rings. The Labute approximate surface area is 105 Å². The van der Waals surface area contributed by atoms with Crippen LogP contribution >= 0.6 is 0 Å². The van der Waals surface area contributed by atoms with Gasteiger partial charge in [-0.15, -0.1) is 0 Å². The lowest BCUT2D eigenvalue weighted by molar-refractivity contribution is -0.137. The van der Waals surface area contributed by atoms with Crippen LogP contribution in [-0.2, 0) is 19.0 Å². The Morgan fingerprint density at radius 2 is 2.28 bits per heavy atom.